The molecule has 1 fully saturated rings. The van der Waals surface area contributed by atoms with Crippen LogP contribution >= 0.6 is 0 Å². The molecule has 1 aliphatic heterocycles. The molecular weight excluding hydrogens is 340 g/mol. The number of hydrogen-bond donors (Lipinski definition) is 2. The number of furan rings is 2. The van der Waals surface area contributed by atoms with Crippen LogP contribution in [-0.4, -0.2) is 43.1 Å². The van der Waals surface area contributed by atoms with Gasteiger partial charge < -0.3 is 19.5 Å². The van der Waals surface area contributed by atoms with Crippen molar-refractivity contribution in [2.45, 2.75) is 51.6 Å². The van der Waals surface area contributed by atoms with Gasteiger partial charge in [-0.1, -0.05) is 6.92 Å². The van der Waals surface area contributed by atoms with Gasteiger partial charge in [0.25, 0.3) is 0 Å². The molecule has 1 aliphatic rings. The van der Waals surface area contributed by atoms with Gasteiger partial charge >= 0.3 is 0 Å². The maximum atomic E-state index is 5.71. The van der Waals surface area contributed by atoms with Crippen LogP contribution in [0.4, 0.5) is 0 Å². The highest BCUT2D eigenvalue weighted by molar-refractivity contribution is 5.80. The van der Waals surface area contributed by atoms with Gasteiger partial charge in [0.15, 0.2) is 5.96 Å². The molecule has 6 heteroatoms. The van der Waals surface area contributed by atoms with E-state index in [-0.39, 0.29) is 6.04 Å². The van der Waals surface area contributed by atoms with E-state index in [0.29, 0.717) is 12.6 Å². The van der Waals surface area contributed by atoms with Gasteiger partial charge in [-0.3, -0.25) is 9.89 Å². The summed E-state index contributed by atoms with van der Waals surface area (Å²) in [4.78, 5) is 7.37. The Morgan fingerprint density at radius 2 is 1.96 bits per heavy atom. The zero-order valence-electron chi connectivity index (χ0n) is 16.5. The average Bonchev–Trinajstić information content (AvgIpc) is 3.44. The molecule has 2 unspecified atom stereocenters. The van der Waals surface area contributed by atoms with Crippen molar-refractivity contribution in [1.82, 2.24) is 15.5 Å². The van der Waals surface area contributed by atoms with Crippen molar-refractivity contribution >= 4 is 5.96 Å². The molecule has 0 amide bonds. The number of aliphatic imine (C=N–C) groups is 1. The minimum atomic E-state index is 0.197. The van der Waals surface area contributed by atoms with E-state index in [9.17, 15) is 0 Å². The molecule has 27 heavy (non-hydrogen) atoms. The Labute approximate surface area is 162 Å². The van der Waals surface area contributed by atoms with Gasteiger partial charge in [-0.05, 0) is 63.5 Å². The fourth-order valence-electron chi connectivity index (χ4n) is 3.34. The zero-order valence-corrected chi connectivity index (χ0v) is 16.5. The predicted molar refractivity (Wildman–Crippen MR) is 108 cm³/mol. The number of nitrogens with one attached hydrogen (secondary N) is 2. The summed E-state index contributed by atoms with van der Waals surface area (Å²) in [6.07, 6.45) is 7.85. The number of nitrogens with zero attached hydrogens (tertiary/aromatic N) is 2. The van der Waals surface area contributed by atoms with Gasteiger partial charge in [0.1, 0.15) is 11.5 Å². The van der Waals surface area contributed by atoms with Crippen molar-refractivity contribution in [2.24, 2.45) is 4.99 Å². The topological polar surface area (TPSA) is 65.9 Å². The Bertz CT molecular complexity index is 660. The highest BCUT2D eigenvalue weighted by Crippen LogP contribution is 2.25. The minimum absolute atomic E-state index is 0.197. The van der Waals surface area contributed by atoms with Crippen LogP contribution in [0.1, 0.15) is 50.7 Å². The number of guanidine groups is 1. The molecule has 2 atom stereocenters. The van der Waals surface area contributed by atoms with Crippen LogP contribution < -0.4 is 10.6 Å². The minimum Gasteiger partial charge on any atom is -0.469 e. The molecule has 2 aromatic rings. The van der Waals surface area contributed by atoms with Crippen LogP contribution in [0.2, 0.25) is 0 Å². The molecule has 0 spiro atoms. The summed E-state index contributed by atoms with van der Waals surface area (Å²) in [5.74, 6) is 2.83. The van der Waals surface area contributed by atoms with E-state index in [1.165, 1.54) is 12.8 Å². The lowest BCUT2D eigenvalue weighted by Gasteiger charge is -2.25. The van der Waals surface area contributed by atoms with Gasteiger partial charge in [0, 0.05) is 19.0 Å². The van der Waals surface area contributed by atoms with Gasteiger partial charge in [0.2, 0.25) is 0 Å². The fourth-order valence-corrected chi connectivity index (χ4v) is 3.34. The zero-order chi connectivity index (χ0) is 18.9. The maximum Gasteiger partial charge on any atom is 0.191 e. The van der Waals surface area contributed by atoms with Gasteiger partial charge in [-0.15, -0.1) is 0 Å². The Morgan fingerprint density at radius 1 is 1.19 bits per heavy atom. The van der Waals surface area contributed by atoms with Crippen LogP contribution in [0.3, 0.4) is 0 Å². The van der Waals surface area contributed by atoms with E-state index >= 15 is 0 Å². The summed E-state index contributed by atoms with van der Waals surface area (Å²) >= 11 is 0. The third-order valence-electron chi connectivity index (χ3n) is 5.11. The number of hydrogen-bond acceptors (Lipinski definition) is 4. The maximum absolute atomic E-state index is 5.71. The van der Waals surface area contributed by atoms with Crippen molar-refractivity contribution in [2.75, 3.05) is 26.2 Å². The molecule has 148 valence electrons. The Kier molecular flexibility index (Phi) is 7.39. The van der Waals surface area contributed by atoms with Crippen LogP contribution in [-0.2, 0) is 6.42 Å². The summed E-state index contributed by atoms with van der Waals surface area (Å²) in [6.45, 7) is 8.04. The molecule has 0 saturated carbocycles. The van der Waals surface area contributed by atoms with E-state index in [2.05, 4.69) is 35.4 Å². The molecule has 2 N–H and O–H groups in total. The van der Waals surface area contributed by atoms with Crippen LogP contribution in [0.25, 0.3) is 0 Å². The standard InChI is InChI=1S/C21H32N4O2/c1-3-17(2)24-21(22-11-10-18-8-6-14-26-18)23-16-19(20-9-7-15-27-20)25-12-4-5-13-25/h6-9,14-15,17,19H,3-5,10-13,16H2,1-2H3,(H2,22,23,24). The molecule has 3 rings (SSSR count). The fraction of sp³-hybridized carbons (Fsp3) is 0.571. The summed E-state index contributed by atoms with van der Waals surface area (Å²) in [7, 11) is 0. The van der Waals surface area contributed by atoms with Crippen molar-refractivity contribution in [1.29, 1.82) is 0 Å². The first-order valence-electron chi connectivity index (χ1n) is 10.1. The molecule has 0 aliphatic carbocycles. The molecule has 0 radical (unpaired) electrons. The van der Waals surface area contributed by atoms with E-state index in [1.807, 2.05) is 18.2 Å². The number of rotatable bonds is 9. The summed E-state index contributed by atoms with van der Waals surface area (Å²) in [5.41, 5.74) is 0. The molecule has 2 aromatic heterocycles. The highest BCUT2D eigenvalue weighted by Gasteiger charge is 2.25. The Morgan fingerprint density at radius 3 is 2.63 bits per heavy atom. The molecular formula is C21H32N4O2. The van der Waals surface area contributed by atoms with Gasteiger partial charge in [-0.2, -0.15) is 0 Å². The normalized spacial score (nSPS) is 17.8. The lowest BCUT2D eigenvalue weighted by molar-refractivity contribution is 0.221. The average molecular weight is 373 g/mol. The lowest BCUT2D eigenvalue weighted by Crippen LogP contribution is -2.43. The molecule has 6 nitrogen and oxygen atoms in total. The number of likely N-dealkylation sites (tertiary alicyclic amines) is 1. The third kappa shape index (κ3) is 5.89. The summed E-state index contributed by atoms with van der Waals surface area (Å²) in [5, 5.41) is 6.94. The summed E-state index contributed by atoms with van der Waals surface area (Å²) in [6, 6.07) is 8.51. The van der Waals surface area contributed by atoms with E-state index in [1.54, 1.807) is 12.5 Å². The monoisotopic (exact) mass is 372 g/mol. The van der Waals surface area contributed by atoms with Crippen molar-refractivity contribution in [3.8, 4) is 0 Å². The second kappa shape index (κ2) is 10.2. The lowest BCUT2D eigenvalue weighted by atomic mass is 10.2. The van der Waals surface area contributed by atoms with E-state index < -0.39 is 0 Å². The highest BCUT2D eigenvalue weighted by atomic mass is 16.3. The quantitative estimate of drug-likeness (QED) is 0.520. The SMILES string of the molecule is CCC(C)NC(=NCC(c1ccco1)N1CCCC1)NCCc1ccco1. The van der Waals surface area contributed by atoms with Crippen molar-refractivity contribution in [3.63, 3.8) is 0 Å². The summed E-state index contributed by atoms with van der Waals surface area (Å²) < 4.78 is 11.1. The third-order valence-corrected chi connectivity index (χ3v) is 5.11. The molecule has 0 bridgehead atoms. The van der Waals surface area contributed by atoms with Gasteiger partial charge in [0.05, 0.1) is 25.1 Å². The van der Waals surface area contributed by atoms with Crippen LogP contribution in [0, 0.1) is 0 Å². The van der Waals surface area contributed by atoms with Crippen molar-refractivity contribution < 1.29 is 8.83 Å². The molecule has 3 heterocycles. The first-order chi connectivity index (χ1) is 13.3. The van der Waals surface area contributed by atoms with E-state index in [4.69, 9.17) is 13.8 Å². The molecule has 0 aromatic carbocycles. The molecule has 1 saturated heterocycles. The van der Waals surface area contributed by atoms with Crippen LogP contribution in [0.15, 0.2) is 50.6 Å². The first-order valence-corrected chi connectivity index (χ1v) is 10.1. The van der Waals surface area contributed by atoms with E-state index in [0.717, 1.165) is 50.0 Å². The smallest absolute Gasteiger partial charge is 0.191 e. The Balaban J connectivity index is 1.63. The largest absolute Gasteiger partial charge is 0.469 e. The first kappa shape index (κ1) is 19.5. The van der Waals surface area contributed by atoms with Gasteiger partial charge in [-0.25, -0.2) is 0 Å². The second-order valence-electron chi connectivity index (χ2n) is 7.17. The second-order valence-corrected chi connectivity index (χ2v) is 7.17. The predicted octanol–water partition coefficient (Wildman–Crippen LogP) is 3.59. The van der Waals surface area contributed by atoms with Crippen molar-refractivity contribution in [3.05, 3.63) is 48.3 Å². The Hall–Kier alpha value is -2.21. The van der Waals surface area contributed by atoms with Crippen LogP contribution in [0.5, 0.6) is 0 Å².